The van der Waals surface area contributed by atoms with Gasteiger partial charge in [0.25, 0.3) is 0 Å². The number of alkyl halides is 3. The van der Waals surface area contributed by atoms with Gasteiger partial charge in [-0.1, -0.05) is 32.0 Å². The zero-order chi connectivity index (χ0) is 19.2. The molecule has 0 saturated carbocycles. The van der Waals surface area contributed by atoms with Gasteiger partial charge in [0.1, 0.15) is 0 Å². The molecular weight excluding hydrogens is 341 g/mol. The van der Waals surface area contributed by atoms with Gasteiger partial charge in [0, 0.05) is 18.3 Å². The van der Waals surface area contributed by atoms with Crippen LogP contribution in [0.4, 0.5) is 13.2 Å². The number of benzene rings is 1. The van der Waals surface area contributed by atoms with Crippen LogP contribution in [0, 0.1) is 0 Å². The lowest BCUT2D eigenvalue weighted by atomic mass is 10.1. The molecule has 0 unspecified atom stereocenters. The van der Waals surface area contributed by atoms with E-state index in [1.54, 1.807) is 0 Å². The highest BCUT2D eigenvalue weighted by molar-refractivity contribution is 5.33. The Morgan fingerprint density at radius 3 is 2.50 bits per heavy atom. The van der Waals surface area contributed by atoms with Crippen LogP contribution in [0.1, 0.15) is 37.4 Å². The summed E-state index contributed by atoms with van der Waals surface area (Å²) in [4.78, 5) is 1.30. The normalized spacial score (nSPS) is 12.3. The SMILES string of the molecule is CC(C)c1nn(-c2ccccc2)cc1CNCCCN(C)CC(F)(F)F. The van der Waals surface area contributed by atoms with Gasteiger partial charge in [-0.05, 0) is 44.6 Å². The van der Waals surface area contributed by atoms with Crippen molar-refractivity contribution < 1.29 is 13.2 Å². The summed E-state index contributed by atoms with van der Waals surface area (Å²) < 4.78 is 38.8. The van der Waals surface area contributed by atoms with Gasteiger partial charge in [-0.2, -0.15) is 18.3 Å². The second kappa shape index (κ2) is 9.19. The van der Waals surface area contributed by atoms with E-state index in [2.05, 4.69) is 19.2 Å². The molecule has 2 aromatic rings. The second-order valence-corrected chi connectivity index (χ2v) is 6.86. The summed E-state index contributed by atoms with van der Waals surface area (Å²) in [7, 11) is 1.49. The smallest absolute Gasteiger partial charge is 0.312 e. The van der Waals surface area contributed by atoms with Gasteiger partial charge in [-0.3, -0.25) is 4.90 Å². The Bertz CT molecular complexity index is 665. The zero-order valence-electron chi connectivity index (χ0n) is 15.6. The molecule has 2 rings (SSSR count). The number of hydrogen-bond donors (Lipinski definition) is 1. The van der Waals surface area contributed by atoms with Crippen molar-refractivity contribution in [2.75, 3.05) is 26.7 Å². The van der Waals surface area contributed by atoms with Gasteiger partial charge in [0.15, 0.2) is 0 Å². The maximum atomic E-state index is 12.3. The van der Waals surface area contributed by atoms with E-state index >= 15 is 0 Å². The largest absolute Gasteiger partial charge is 0.401 e. The van der Waals surface area contributed by atoms with Gasteiger partial charge < -0.3 is 5.32 Å². The van der Waals surface area contributed by atoms with E-state index in [9.17, 15) is 13.2 Å². The number of aromatic nitrogens is 2. The number of rotatable bonds is 9. The second-order valence-electron chi connectivity index (χ2n) is 6.86. The first-order chi connectivity index (χ1) is 12.3. The third kappa shape index (κ3) is 6.46. The van der Waals surface area contributed by atoms with Crippen molar-refractivity contribution in [2.45, 2.75) is 38.9 Å². The van der Waals surface area contributed by atoms with Crippen LogP contribution >= 0.6 is 0 Å². The lowest BCUT2D eigenvalue weighted by Crippen LogP contribution is -2.32. The Morgan fingerprint density at radius 1 is 1.19 bits per heavy atom. The van der Waals surface area contributed by atoms with Crippen LogP contribution in [0.15, 0.2) is 36.5 Å². The molecule has 1 N–H and O–H groups in total. The Kier molecular flexibility index (Phi) is 7.23. The predicted octanol–water partition coefficient (Wildman–Crippen LogP) is 3.97. The van der Waals surface area contributed by atoms with Crippen LogP contribution < -0.4 is 5.32 Å². The molecule has 7 heteroatoms. The Hall–Kier alpha value is -1.86. The number of hydrogen-bond acceptors (Lipinski definition) is 3. The molecule has 1 heterocycles. The molecule has 0 aliphatic heterocycles. The summed E-state index contributed by atoms with van der Waals surface area (Å²) in [5.41, 5.74) is 3.16. The first kappa shape index (κ1) is 20.5. The summed E-state index contributed by atoms with van der Waals surface area (Å²) in [5.74, 6) is 0.301. The van der Waals surface area contributed by atoms with Gasteiger partial charge >= 0.3 is 6.18 Å². The molecule has 0 aliphatic rings. The molecule has 0 radical (unpaired) electrons. The van der Waals surface area contributed by atoms with E-state index in [4.69, 9.17) is 5.10 Å². The summed E-state index contributed by atoms with van der Waals surface area (Å²) in [6.07, 6.45) is -1.45. The Balaban J connectivity index is 1.86. The number of halogens is 3. The maximum absolute atomic E-state index is 12.3. The van der Waals surface area contributed by atoms with Crippen molar-refractivity contribution in [3.05, 3.63) is 47.8 Å². The molecule has 1 aromatic carbocycles. The van der Waals surface area contributed by atoms with Crippen molar-refractivity contribution in [1.29, 1.82) is 0 Å². The predicted molar refractivity (Wildman–Crippen MR) is 97.5 cm³/mol. The van der Waals surface area contributed by atoms with E-state index < -0.39 is 12.7 Å². The van der Waals surface area contributed by atoms with Gasteiger partial charge in [-0.25, -0.2) is 4.68 Å². The minimum absolute atomic E-state index is 0.301. The molecule has 0 bridgehead atoms. The average molecular weight is 368 g/mol. The van der Waals surface area contributed by atoms with Gasteiger partial charge in [0.05, 0.1) is 17.9 Å². The van der Waals surface area contributed by atoms with E-state index in [0.717, 1.165) is 16.9 Å². The fourth-order valence-electron chi connectivity index (χ4n) is 2.84. The Morgan fingerprint density at radius 2 is 1.88 bits per heavy atom. The molecule has 4 nitrogen and oxygen atoms in total. The van der Waals surface area contributed by atoms with Crippen molar-refractivity contribution in [3.63, 3.8) is 0 Å². The first-order valence-corrected chi connectivity index (χ1v) is 8.86. The fraction of sp³-hybridized carbons (Fsp3) is 0.526. The molecule has 0 saturated heterocycles. The minimum atomic E-state index is -4.14. The topological polar surface area (TPSA) is 33.1 Å². The number of para-hydroxylation sites is 1. The summed E-state index contributed by atoms with van der Waals surface area (Å²) in [6.45, 7) is 5.07. The Labute approximate surface area is 153 Å². The molecule has 0 fully saturated rings. The first-order valence-electron chi connectivity index (χ1n) is 8.86. The van der Waals surface area contributed by atoms with Crippen LogP contribution in [0.5, 0.6) is 0 Å². The highest BCUT2D eigenvalue weighted by Crippen LogP contribution is 2.20. The molecule has 144 valence electrons. The van der Waals surface area contributed by atoms with Crippen molar-refractivity contribution in [3.8, 4) is 5.69 Å². The highest BCUT2D eigenvalue weighted by Gasteiger charge is 2.28. The van der Waals surface area contributed by atoms with Crippen LogP contribution in [0.2, 0.25) is 0 Å². The zero-order valence-corrected chi connectivity index (χ0v) is 15.6. The van der Waals surface area contributed by atoms with Crippen molar-refractivity contribution in [1.82, 2.24) is 20.0 Å². The standard InChI is InChI=1S/C19H27F3N4/c1-15(2)18-16(13-26(24-18)17-8-5-4-6-9-17)12-23-10-7-11-25(3)14-19(20,21)22/h4-6,8-9,13,15,23H,7,10-12,14H2,1-3H3. The highest BCUT2D eigenvalue weighted by atomic mass is 19.4. The number of nitrogens with zero attached hydrogens (tertiary/aromatic N) is 3. The third-order valence-corrected chi connectivity index (χ3v) is 4.05. The van der Waals surface area contributed by atoms with E-state index in [1.807, 2.05) is 41.2 Å². The molecule has 0 aliphatic carbocycles. The van der Waals surface area contributed by atoms with Crippen molar-refractivity contribution >= 4 is 0 Å². The molecule has 26 heavy (non-hydrogen) atoms. The van der Waals surface area contributed by atoms with E-state index in [0.29, 0.717) is 32.0 Å². The van der Waals surface area contributed by atoms with E-state index in [1.165, 1.54) is 11.9 Å². The molecule has 0 amide bonds. The number of nitrogens with one attached hydrogen (secondary N) is 1. The van der Waals surface area contributed by atoms with Crippen LogP contribution in [0.25, 0.3) is 5.69 Å². The van der Waals surface area contributed by atoms with Gasteiger partial charge in [-0.15, -0.1) is 0 Å². The molecular formula is C19H27F3N4. The van der Waals surface area contributed by atoms with Crippen LogP contribution in [0.3, 0.4) is 0 Å². The minimum Gasteiger partial charge on any atom is -0.312 e. The summed E-state index contributed by atoms with van der Waals surface area (Å²) in [5, 5.41) is 8.01. The average Bonchev–Trinajstić information content (AvgIpc) is 2.98. The summed E-state index contributed by atoms with van der Waals surface area (Å²) >= 11 is 0. The third-order valence-electron chi connectivity index (χ3n) is 4.05. The quantitative estimate of drug-likeness (QED) is 0.680. The molecule has 0 atom stereocenters. The fourth-order valence-corrected chi connectivity index (χ4v) is 2.84. The maximum Gasteiger partial charge on any atom is 0.401 e. The lowest BCUT2D eigenvalue weighted by molar-refractivity contribution is -0.143. The van der Waals surface area contributed by atoms with Crippen molar-refractivity contribution in [2.24, 2.45) is 0 Å². The monoisotopic (exact) mass is 368 g/mol. The molecule has 1 aromatic heterocycles. The van der Waals surface area contributed by atoms with Gasteiger partial charge in [0.2, 0.25) is 0 Å². The molecule has 0 spiro atoms. The summed E-state index contributed by atoms with van der Waals surface area (Å²) in [6, 6.07) is 9.92. The van der Waals surface area contributed by atoms with Crippen LogP contribution in [-0.4, -0.2) is 47.5 Å². The van der Waals surface area contributed by atoms with Crippen LogP contribution in [-0.2, 0) is 6.54 Å². The lowest BCUT2D eigenvalue weighted by Gasteiger charge is -2.18. The van der Waals surface area contributed by atoms with E-state index in [-0.39, 0.29) is 0 Å².